The molecule has 4 rings (SSSR count). The topological polar surface area (TPSA) is 95.8 Å². The number of nitro benzene ring substituents is 1. The summed E-state index contributed by atoms with van der Waals surface area (Å²) in [4.78, 5) is 40.6. The van der Waals surface area contributed by atoms with Gasteiger partial charge in [-0.05, 0) is 42.3 Å². The molecule has 1 fully saturated rings. The zero-order valence-electron chi connectivity index (χ0n) is 19.5. The monoisotopic (exact) mass is 494 g/mol. The minimum atomic E-state index is -1.09. The summed E-state index contributed by atoms with van der Waals surface area (Å²) >= 11 is 0. The summed E-state index contributed by atoms with van der Waals surface area (Å²) < 4.78 is 26.8. The van der Waals surface area contributed by atoms with Crippen molar-refractivity contribution in [3.05, 3.63) is 105 Å². The van der Waals surface area contributed by atoms with Crippen LogP contribution in [0.15, 0.2) is 66.7 Å². The van der Waals surface area contributed by atoms with Crippen LogP contribution < -0.4 is 5.32 Å². The largest absolute Gasteiger partial charge is 0.336 e. The van der Waals surface area contributed by atoms with Crippen molar-refractivity contribution in [2.75, 3.05) is 31.5 Å². The molecule has 0 radical (unpaired) electrons. The molecule has 1 aliphatic rings. The van der Waals surface area contributed by atoms with Crippen LogP contribution in [0.5, 0.6) is 0 Å². The lowest BCUT2D eigenvalue weighted by molar-refractivity contribution is -0.384. The van der Waals surface area contributed by atoms with E-state index in [-0.39, 0.29) is 30.0 Å². The second kappa shape index (κ2) is 10.6. The summed E-state index contributed by atoms with van der Waals surface area (Å²) in [6, 6.07) is 15.9. The van der Waals surface area contributed by atoms with Gasteiger partial charge in [-0.3, -0.25) is 24.6 Å². The zero-order valence-corrected chi connectivity index (χ0v) is 19.5. The number of halogens is 2. The van der Waals surface area contributed by atoms with E-state index in [2.05, 4.69) is 5.32 Å². The number of nitro groups is 1. The Hall–Kier alpha value is -4.18. The minimum Gasteiger partial charge on any atom is -0.336 e. The van der Waals surface area contributed by atoms with Crippen LogP contribution in [0.2, 0.25) is 0 Å². The van der Waals surface area contributed by atoms with Crippen molar-refractivity contribution >= 4 is 23.2 Å². The Bertz CT molecular complexity index is 1290. The van der Waals surface area contributed by atoms with Crippen LogP contribution in [-0.2, 0) is 4.79 Å². The zero-order chi connectivity index (χ0) is 25.8. The second-order valence-electron chi connectivity index (χ2n) is 8.54. The van der Waals surface area contributed by atoms with Crippen LogP contribution >= 0.6 is 0 Å². The van der Waals surface area contributed by atoms with Crippen LogP contribution in [0.25, 0.3) is 0 Å². The van der Waals surface area contributed by atoms with Crippen molar-refractivity contribution in [1.82, 2.24) is 9.80 Å². The van der Waals surface area contributed by atoms with Crippen molar-refractivity contribution < 1.29 is 23.3 Å². The fourth-order valence-electron chi connectivity index (χ4n) is 4.26. The highest BCUT2D eigenvalue weighted by atomic mass is 19.2. The van der Waals surface area contributed by atoms with E-state index in [4.69, 9.17) is 0 Å². The molecule has 1 N–H and O–H groups in total. The van der Waals surface area contributed by atoms with Gasteiger partial charge in [0.15, 0.2) is 11.6 Å². The molecule has 0 aliphatic carbocycles. The van der Waals surface area contributed by atoms with E-state index < -0.39 is 34.4 Å². The first-order valence-corrected chi connectivity index (χ1v) is 11.3. The van der Waals surface area contributed by atoms with Gasteiger partial charge in [0.05, 0.1) is 4.92 Å². The molecule has 0 aromatic heterocycles. The summed E-state index contributed by atoms with van der Waals surface area (Å²) in [5, 5.41) is 14.2. The fraction of sp³-hybridized carbons (Fsp3) is 0.231. The van der Waals surface area contributed by atoms with Crippen LogP contribution in [0.3, 0.4) is 0 Å². The van der Waals surface area contributed by atoms with E-state index in [9.17, 15) is 28.5 Å². The number of carbonyl (C=O) groups excluding carboxylic acids is 2. The van der Waals surface area contributed by atoms with Gasteiger partial charge >= 0.3 is 0 Å². The maximum absolute atomic E-state index is 13.6. The maximum atomic E-state index is 13.6. The summed E-state index contributed by atoms with van der Waals surface area (Å²) in [6.45, 7) is 2.92. The number of benzene rings is 3. The number of anilines is 1. The van der Waals surface area contributed by atoms with Crippen LogP contribution in [-0.4, -0.2) is 52.7 Å². The first-order chi connectivity index (χ1) is 17.2. The lowest BCUT2D eigenvalue weighted by Gasteiger charge is -2.38. The summed E-state index contributed by atoms with van der Waals surface area (Å²) in [7, 11) is 0. The number of nitrogens with zero attached hydrogens (tertiary/aromatic N) is 3. The van der Waals surface area contributed by atoms with Crippen molar-refractivity contribution in [1.29, 1.82) is 0 Å². The number of hydrogen-bond acceptors (Lipinski definition) is 5. The molecule has 2 amide bonds. The molecule has 1 aliphatic heterocycles. The van der Waals surface area contributed by atoms with Crippen molar-refractivity contribution in [3.8, 4) is 0 Å². The highest BCUT2D eigenvalue weighted by Crippen LogP contribution is 2.29. The normalized spacial score (nSPS) is 14.8. The molecule has 36 heavy (non-hydrogen) atoms. The van der Waals surface area contributed by atoms with Gasteiger partial charge in [0.1, 0.15) is 11.7 Å². The van der Waals surface area contributed by atoms with Gasteiger partial charge in [-0.1, -0.05) is 36.4 Å². The maximum Gasteiger partial charge on any atom is 0.293 e. The van der Waals surface area contributed by atoms with E-state index in [0.29, 0.717) is 24.2 Å². The fourth-order valence-corrected chi connectivity index (χ4v) is 4.26. The Morgan fingerprint density at radius 2 is 1.64 bits per heavy atom. The molecule has 186 valence electrons. The molecule has 8 nitrogen and oxygen atoms in total. The van der Waals surface area contributed by atoms with Gasteiger partial charge in [0, 0.05) is 37.8 Å². The van der Waals surface area contributed by atoms with E-state index in [0.717, 1.165) is 12.1 Å². The predicted molar refractivity (Wildman–Crippen MR) is 129 cm³/mol. The van der Waals surface area contributed by atoms with E-state index in [1.807, 2.05) is 11.0 Å². The van der Waals surface area contributed by atoms with Crippen LogP contribution in [0.1, 0.15) is 27.5 Å². The third-order valence-corrected chi connectivity index (χ3v) is 6.10. The lowest BCUT2D eigenvalue weighted by Crippen LogP contribution is -2.51. The molecule has 0 saturated carbocycles. The third kappa shape index (κ3) is 5.38. The number of hydrogen-bond donors (Lipinski definition) is 1. The highest BCUT2D eigenvalue weighted by Gasteiger charge is 2.33. The van der Waals surface area contributed by atoms with Crippen molar-refractivity contribution in [2.45, 2.75) is 13.0 Å². The number of piperazine rings is 1. The van der Waals surface area contributed by atoms with Gasteiger partial charge in [0.2, 0.25) is 5.91 Å². The van der Waals surface area contributed by atoms with Gasteiger partial charge in [-0.2, -0.15) is 0 Å². The second-order valence-corrected chi connectivity index (χ2v) is 8.54. The summed E-state index contributed by atoms with van der Waals surface area (Å²) in [5.41, 5.74) is 1.35. The number of nitrogens with one attached hydrogen (secondary N) is 1. The van der Waals surface area contributed by atoms with Crippen LogP contribution in [0.4, 0.5) is 20.2 Å². The molecule has 0 spiro atoms. The third-order valence-electron chi connectivity index (χ3n) is 6.10. The Balaban J connectivity index is 1.53. The smallest absolute Gasteiger partial charge is 0.293 e. The highest BCUT2D eigenvalue weighted by molar-refractivity contribution is 5.97. The minimum absolute atomic E-state index is 0.0476. The average Bonchev–Trinajstić information content (AvgIpc) is 2.87. The molecule has 3 aromatic rings. The summed E-state index contributed by atoms with van der Waals surface area (Å²) in [6.07, 6.45) is 0. The van der Waals surface area contributed by atoms with E-state index in [1.165, 1.54) is 23.1 Å². The van der Waals surface area contributed by atoms with Gasteiger partial charge in [-0.15, -0.1) is 0 Å². The standard InChI is InChI=1S/C26H24F2N4O4/c1-17-7-10-22(23(15-17)32(35)36)29-25(33)24(18-5-3-2-4-6-18)30-11-13-31(14-12-30)26(34)19-8-9-20(27)21(28)16-19/h2-10,15-16,24H,11-14H2,1H3,(H,29,33). The number of rotatable bonds is 6. The first-order valence-electron chi connectivity index (χ1n) is 11.3. The number of amides is 2. The molecule has 10 heteroatoms. The summed E-state index contributed by atoms with van der Waals surface area (Å²) in [5.74, 6) is -2.98. The Kier molecular flexibility index (Phi) is 7.35. The SMILES string of the molecule is Cc1ccc(NC(=O)C(c2ccccc2)N2CCN(C(=O)c3ccc(F)c(F)c3)CC2)c([N+](=O)[O-])c1. The Labute approximate surface area is 206 Å². The van der Waals surface area contributed by atoms with Gasteiger partial charge in [0.25, 0.3) is 11.6 Å². The molecule has 0 bridgehead atoms. The number of aryl methyl sites for hydroxylation is 1. The van der Waals surface area contributed by atoms with Crippen LogP contribution in [0, 0.1) is 28.7 Å². The Morgan fingerprint density at radius 1 is 0.944 bits per heavy atom. The molecule has 1 saturated heterocycles. The van der Waals surface area contributed by atoms with E-state index >= 15 is 0 Å². The molecule has 1 atom stereocenters. The lowest BCUT2D eigenvalue weighted by atomic mass is 10.0. The van der Waals surface area contributed by atoms with Gasteiger partial charge < -0.3 is 10.2 Å². The quantitative estimate of drug-likeness (QED) is 0.407. The predicted octanol–water partition coefficient (Wildman–Crippen LogP) is 4.32. The molecular formula is C26H24F2N4O4. The molecule has 1 unspecified atom stereocenters. The van der Waals surface area contributed by atoms with E-state index in [1.54, 1.807) is 37.3 Å². The molecular weight excluding hydrogens is 470 g/mol. The Morgan fingerprint density at radius 3 is 2.28 bits per heavy atom. The molecule has 3 aromatic carbocycles. The first kappa shape index (κ1) is 24.9. The van der Waals surface area contributed by atoms with Gasteiger partial charge in [-0.25, -0.2) is 8.78 Å². The molecule has 1 heterocycles. The van der Waals surface area contributed by atoms with Crippen molar-refractivity contribution in [3.63, 3.8) is 0 Å². The average molecular weight is 494 g/mol. The van der Waals surface area contributed by atoms with Crippen molar-refractivity contribution in [2.24, 2.45) is 0 Å². The number of carbonyl (C=O) groups is 2.